The van der Waals surface area contributed by atoms with Crippen LogP contribution in [0.1, 0.15) is 15.9 Å². The summed E-state index contributed by atoms with van der Waals surface area (Å²) in [5.41, 5.74) is 1.74. The van der Waals surface area contributed by atoms with E-state index in [1.54, 1.807) is 6.07 Å². The molecule has 0 aliphatic carbocycles. The molecule has 1 atom stereocenters. The Kier molecular flexibility index (Phi) is 1.89. The van der Waals surface area contributed by atoms with E-state index in [4.69, 9.17) is 4.74 Å². The van der Waals surface area contributed by atoms with Crippen molar-refractivity contribution in [3.8, 4) is 0 Å². The van der Waals surface area contributed by atoms with Gasteiger partial charge in [-0.25, -0.2) is 4.79 Å². The third kappa shape index (κ3) is 1.25. The van der Waals surface area contributed by atoms with E-state index in [-0.39, 0.29) is 11.0 Å². The quantitative estimate of drug-likeness (QED) is 0.501. The van der Waals surface area contributed by atoms with Crippen LogP contribution in [0, 0.1) is 0 Å². The molecule has 0 fully saturated rings. The molecule has 1 unspecified atom stereocenters. The minimum absolute atomic E-state index is 0.167. The van der Waals surface area contributed by atoms with Crippen LogP contribution in [-0.4, -0.2) is 11.0 Å². The maximum Gasteiger partial charge on any atom is 0.339 e. The summed E-state index contributed by atoms with van der Waals surface area (Å²) < 4.78 is 4.99. The van der Waals surface area contributed by atoms with E-state index in [9.17, 15) is 4.79 Å². The van der Waals surface area contributed by atoms with Gasteiger partial charge < -0.3 is 4.74 Å². The number of alkyl halides is 1. The molecule has 1 aliphatic heterocycles. The third-order valence-corrected chi connectivity index (χ3v) is 2.36. The number of fused-ring (bicyclic) bond motifs is 1. The van der Waals surface area contributed by atoms with E-state index in [2.05, 4.69) is 15.9 Å². The van der Waals surface area contributed by atoms with Crippen molar-refractivity contribution < 1.29 is 9.53 Å². The fourth-order valence-corrected chi connectivity index (χ4v) is 1.81. The summed E-state index contributed by atoms with van der Waals surface area (Å²) in [5.74, 6) is -0.237. The van der Waals surface area contributed by atoms with E-state index in [1.807, 2.05) is 18.2 Å². The highest BCUT2D eigenvalue weighted by Gasteiger charge is 2.23. The van der Waals surface area contributed by atoms with Crippen molar-refractivity contribution >= 4 is 21.9 Å². The zero-order valence-electron chi connectivity index (χ0n) is 6.29. The number of carbonyl (C=O) groups is 1. The molecule has 0 N–H and O–H groups in total. The lowest BCUT2D eigenvalue weighted by molar-refractivity contribution is 0.0437. The van der Waals surface area contributed by atoms with Crippen LogP contribution in [-0.2, 0) is 11.2 Å². The molecule has 0 radical (unpaired) electrons. The fraction of sp³-hybridized carbons (Fsp3) is 0.222. The van der Waals surface area contributed by atoms with Crippen molar-refractivity contribution in [1.29, 1.82) is 0 Å². The normalized spacial score (nSPS) is 21.4. The van der Waals surface area contributed by atoms with Crippen molar-refractivity contribution in [3.05, 3.63) is 35.4 Å². The number of ether oxygens (including phenoxy) is 1. The second kappa shape index (κ2) is 2.90. The summed E-state index contributed by atoms with van der Waals surface area (Å²) in [6, 6.07) is 7.51. The van der Waals surface area contributed by atoms with Crippen LogP contribution in [0.3, 0.4) is 0 Å². The molecule has 1 aromatic carbocycles. The van der Waals surface area contributed by atoms with Gasteiger partial charge >= 0.3 is 5.97 Å². The Morgan fingerprint density at radius 1 is 1.42 bits per heavy atom. The molecule has 0 saturated heterocycles. The van der Waals surface area contributed by atoms with Crippen molar-refractivity contribution in [2.45, 2.75) is 11.4 Å². The monoisotopic (exact) mass is 226 g/mol. The van der Waals surface area contributed by atoms with Crippen LogP contribution in [0.2, 0.25) is 0 Å². The van der Waals surface area contributed by atoms with Gasteiger partial charge in [0.2, 0.25) is 0 Å². The first-order valence-electron chi connectivity index (χ1n) is 3.70. The molecule has 3 heteroatoms. The van der Waals surface area contributed by atoms with E-state index in [0.717, 1.165) is 12.0 Å². The molecule has 0 spiro atoms. The molecule has 1 aromatic rings. The summed E-state index contributed by atoms with van der Waals surface area (Å²) >= 11 is 3.26. The predicted octanol–water partition coefficient (Wildman–Crippen LogP) is 2.12. The van der Waals surface area contributed by atoms with E-state index >= 15 is 0 Å². The first kappa shape index (κ1) is 7.80. The van der Waals surface area contributed by atoms with Gasteiger partial charge in [-0.2, -0.15) is 0 Å². The van der Waals surface area contributed by atoms with Gasteiger partial charge in [0.1, 0.15) is 0 Å². The van der Waals surface area contributed by atoms with Gasteiger partial charge in [0.25, 0.3) is 0 Å². The topological polar surface area (TPSA) is 26.3 Å². The van der Waals surface area contributed by atoms with Gasteiger partial charge in [-0.15, -0.1) is 0 Å². The highest BCUT2D eigenvalue weighted by molar-refractivity contribution is 9.09. The molecule has 2 nitrogen and oxygen atoms in total. The fourth-order valence-electron chi connectivity index (χ4n) is 1.29. The van der Waals surface area contributed by atoms with E-state index in [0.29, 0.717) is 5.56 Å². The molecule has 0 bridgehead atoms. The number of benzene rings is 1. The smallest absolute Gasteiger partial charge is 0.339 e. The van der Waals surface area contributed by atoms with Crippen LogP contribution in [0.25, 0.3) is 0 Å². The zero-order chi connectivity index (χ0) is 8.55. The maximum atomic E-state index is 11.2. The second-order valence-corrected chi connectivity index (χ2v) is 3.70. The van der Waals surface area contributed by atoms with E-state index in [1.165, 1.54) is 0 Å². The number of rotatable bonds is 0. The van der Waals surface area contributed by atoms with Gasteiger partial charge in [0.05, 0.1) is 5.56 Å². The van der Waals surface area contributed by atoms with Gasteiger partial charge in [0.15, 0.2) is 5.01 Å². The van der Waals surface area contributed by atoms with Crippen LogP contribution >= 0.6 is 15.9 Å². The number of halogens is 1. The molecule has 0 saturated carbocycles. The number of hydrogen-bond acceptors (Lipinski definition) is 2. The number of hydrogen-bond donors (Lipinski definition) is 0. The SMILES string of the molecule is O=C1OC(Br)Cc2ccccc21. The molecular weight excluding hydrogens is 220 g/mol. The molecule has 0 amide bonds. The Hall–Kier alpha value is -0.830. The molecule has 62 valence electrons. The van der Waals surface area contributed by atoms with Crippen LogP contribution in [0.15, 0.2) is 24.3 Å². The lowest BCUT2D eigenvalue weighted by Gasteiger charge is -2.19. The largest absolute Gasteiger partial charge is 0.447 e. The highest BCUT2D eigenvalue weighted by atomic mass is 79.9. The third-order valence-electron chi connectivity index (χ3n) is 1.85. The Labute approximate surface area is 78.7 Å². The first-order valence-corrected chi connectivity index (χ1v) is 4.62. The molecule has 1 heterocycles. The van der Waals surface area contributed by atoms with Crippen LogP contribution in [0.5, 0.6) is 0 Å². The molecule has 1 aliphatic rings. The summed E-state index contributed by atoms with van der Waals surface area (Å²) in [7, 11) is 0. The average Bonchev–Trinajstić information content (AvgIpc) is 2.04. The Morgan fingerprint density at radius 2 is 2.17 bits per heavy atom. The van der Waals surface area contributed by atoms with Gasteiger partial charge in [-0.3, -0.25) is 0 Å². The van der Waals surface area contributed by atoms with Gasteiger partial charge in [-0.05, 0) is 27.6 Å². The molecule has 0 aromatic heterocycles. The lowest BCUT2D eigenvalue weighted by Crippen LogP contribution is -2.22. The number of cyclic esters (lactones) is 1. The van der Waals surface area contributed by atoms with E-state index < -0.39 is 0 Å². The summed E-state index contributed by atoms with van der Waals surface area (Å²) in [5, 5.41) is -0.167. The number of carbonyl (C=O) groups excluding carboxylic acids is 1. The van der Waals surface area contributed by atoms with Crippen LogP contribution in [0.4, 0.5) is 0 Å². The number of esters is 1. The zero-order valence-corrected chi connectivity index (χ0v) is 7.87. The van der Waals surface area contributed by atoms with Crippen molar-refractivity contribution in [2.75, 3.05) is 0 Å². The second-order valence-electron chi connectivity index (χ2n) is 2.68. The Bertz CT molecular complexity index is 322. The summed E-state index contributed by atoms with van der Waals surface area (Å²) in [4.78, 5) is 11.2. The van der Waals surface area contributed by atoms with Crippen molar-refractivity contribution in [3.63, 3.8) is 0 Å². The minimum Gasteiger partial charge on any atom is -0.447 e. The highest BCUT2D eigenvalue weighted by Crippen LogP contribution is 2.22. The van der Waals surface area contributed by atoms with Crippen LogP contribution < -0.4 is 0 Å². The van der Waals surface area contributed by atoms with Gasteiger partial charge in [-0.1, -0.05) is 18.2 Å². The molecular formula is C9H7BrO2. The minimum atomic E-state index is -0.237. The molecule has 12 heavy (non-hydrogen) atoms. The first-order chi connectivity index (χ1) is 5.77. The predicted molar refractivity (Wildman–Crippen MR) is 48.3 cm³/mol. The average molecular weight is 227 g/mol. The maximum absolute atomic E-state index is 11.2. The standard InChI is InChI=1S/C9H7BrO2/c10-8-5-6-3-1-2-4-7(6)9(11)12-8/h1-4,8H,5H2. The molecule has 2 rings (SSSR count). The van der Waals surface area contributed by atoms with Crippen molar-refractivity contribution in [1.82, 2.24) is 0 Å². The summed E-state index contributed by atoms with van der Waals surface area (Å²) in [6.07, 6.45) is 0.752. The summed E-state index contributed by atoms with van der Waals surface area (Å²) in [6.45, 7) is 0. The Balaban J connectivity index is 2.47. The Morgan fingerprint density at radius 3 is 3.00 bits per heavy atom. The van der Waals surface area contributed by atoms with Crippen molar-refractivity contribution in [2.24, 2.45) is 0 Å². The lowest BCUT2D eigenvalue weighted by atomic mass is 10.0. The van der Waals surface area contributed by atoms with Gasteiger partial charge in [0, 0.05) is 6.42 Å².